The molecule has 0 spiro atoms. The van der Waals surface area contributed by atoms with Gasteiger partial charge in [0.15, 0.2) is 5.84 Å². The molecule has 0 atom stereocenters. The van der Waals surface area contributed by atoms with E-state index in [0.717, 1.165) is 73.7 Å². The van der Waals surface area contributed by atoms with Crippen LogP contribution in [0.5, 0.6) is 0 Å². The zero-order valence-corrected chi connectivity index (χ0v) is 22.4. The molecule has 0 amide bonds. The number of nitrogens with one attached hydrogen (secondary N) is 2. The Morgan fingerprint density at radius 3 is 2.82 bits per heavy atom. The molecular weight excluding hydrogens is 470 g/mol. The van der Waals surface area contributed by atoms with E-state index in [-0.39, 0.29) is 0 Å². The van der Waals surface area contributed by atoms with Gasteiger partial charge in [0, 0.05) is 28.4 Å². The molecule has 0 saturated carbocycles. The molecule has 0 saturated heterocycles. The summed E-state index contributed by atoms with van der Waals surface area (Å²) in [7, 11) is 0. The molecule has 4 heterocycles. The number of hydrogen-bond acceptors (Lipinski definition) is 6. The van der Waals surface area contributed by atoms with Crippen LogP contribution in [-0.4, -0.2) is 20.4 Å². The molecule has 0 radical (unpaired) electrons. The molecule has 2 aromatic heterocycles. The highest BCUT2D eigenvalue weighted by atomic mass is 15.1. The minimum atomic E-state index is 0.536. The predicted molar refractivity (Wildman–Crippen MR) is 155 cm³/mol. The van der Waals surface area contributed by atoms with Crippen molar-refractivity contribution in [2.45, 2.75) is 40.7 Å². The van der Waals surface area contributed by atoms with Crippen molar-refractivity contribution < 1.29 is 0 Å². The fourth-order valence-corrected chi connectivity index (χ4v) is 4.69. The first-order valence-corrected chi connectivity index (χ1v) is 12.8. The Balaban J connectivity index is 1.42. The number of aromatic nitrogens is 3. The van der Waals surface area contributed by atoms with Crippen molar-refractivity contribution in [1.29, 1.82) is 0 Å². The van der Waals surface area contributed by atoms with Crippen LogP contribution >= 0.6 is 0 Å². The Morgan fingerprint density at radius 1 is 1.26 bits per heavy atom. The molecule has 7 nitrogen and oxygen atoms in total. The first-order chi connectivity index (χ1) is 18.4. The maximum Gasteiger partial charge on any atom is 0.152 e. The van der Waals surface area contributed by atoms with Crippen LogP contribution in [0.3, 0.4) is 0 Å². The number of aliphatic imine (C=N–C) groups is 1. The summed E-state index contributed by atoms with van der Waals surface area (Å²) < 4.78 is 1.99. The van der Waals surface area contributed by atoms with E-state index < -0.39 is 0 Å². The van der Waals surface area contributed by atoms with Crippen LogP contribution in [0.1, 0.15) is 44.0 Å². The van der Waals surface area contributed by atoms with Crippen molar-refractivity contribution in [2.75, 3.05) is 5.32 Å². The molecule has 2 N–H and O–H groups in total. The number of pyridine rings is 1. The van der Waals surface area contributed by atoms with Crippen molar-refractivity contribution in [3.8, 4) is 5.69 Å². The fourth-order valence-electron chi connectivity index (χ4n) is 4.69. The number of benzene rings is 1. The van der Waals surface area contributed by atoms with E-state index in [2.05, 4.69) is 78.0 Å². The second-order valence-corrected chi connectivity index (χ2v) is 9.96. The molecule has 0 aliphatic carbocycles. The van der Waals surface area contributed by atoms with Crippen molar-refractivity contribution >= 4 is 22.8 Å². The van der Waals surface area contributed by atoms with Crippen LogP contribution in [0.4, 0.5) is 5.69 Å². The van der Waals surface area contributed by atoms with Gasteiger partial charge < -0.3 is 15.2 Å². The number of nitrogens with zero attached hydrogens (tertiary/aromatic N) is 5. The second kappa shape index (κ2) is 10.5. The Bertz CT molecular complexity index is 1650. The summed E-state index contributed by atoms with van der Waals surface area (Å²) in [5, 5.41) is 8.91. The predicted octanol–water partition coefficient (Wildman–Crippen LogP) is 4.96. The smallest absolute Gasteiger partial charge is 0.152 e. The Kier molecular flexibility index (Phi) is 6.92. The fraction of sp³-hybridized carbons (Fsp3) is 0.226. The summed E-state index contributed by atoms with van der Waals surface area (Å²) in [6.07, 6.45) is 14.4. The number of anilines is 1. The average molecular weight is 504 g/mol. The summed E-state index contributed by atoms with van der Waals surface area (Å²) in [6.45, 7) is 17.1. The van der Waals surface area contributed by atoms with Crippen LogP contribution in [-0.2, 0) is 6.54 Å². The van der Waals surface area contributed by atoms with Gasteiger partial charge >= 0.3 is 0 Å². The summed E-state index contributed by atoms with van der Waals surface area (Å²) in [5.41, 5.74) is 8.91. The Hall–Kier alpha value is -4.52. The second-order valence-electron chi connectivity index (χ2n) is 9.96. The molecular formula is C31H33N7. The lowest BCUT2D eigenvalue weighted by molar-refractivity contribution is 0.622. The standard InChI is InChI=1S/C31H33N7/c1-7-22(12-24(8-2)35-20(5)11-19(3)4)23-9-10-27-25(13-23)30(36-27)31-33-14-26-28(37-31)15-32-16-29(26)38-17-21(6)34-18-38/h7-10,12-13,15-19,35H,2,5,11,14H2,1,3-4,6H3,(H,33,37)/b22-7+,24-12+. The lowest BCUT2D eigenvalue weighted by atomic mass is 10.00. The SMILES string of the molecule is C=C/C(=C\C(=C/C)c1ccc2c(c1)=C(C1=NCc3c(cncc3-n3cnc(C)c3)N1)N=2)NC(=C)CC(C)C. The quantitative estimate of drug-likeness (QED) is 0.405. The molecule has 2 aliphatic rings. The van der Waals surface area contributed by atoms with Gasteiger partial charge in [0.25, 0.3) is 0 Å². The van der Waals surface area contributed by atoms with Crippen molar-refractivity contribution in [2.24, 2.45) is 15.9 Å². The van der Waals surface area contributed by atoms with Gasteiger partial charge in [0.2, 0.25) is 0 Å². The molecule has 192 valence electrons. The van der Waals surface area contributed by atoms with Crippen molar-refractivity contribution in [1.82, 2.24) is 19.9 Å². The van der Waals surface area contributed by atoms with Gasteiger partial charge in [-0.15, -0.1) is 0 Å². The molecule has 0 fully saturated rings. The lowest BCUT2D eigenvalue weighted by Crippen LogP contribution is -2.40. The molecule has 2 aliphatic heterocycles. The highest BCUT2D eigenvalue weighted by Crippen LogP contribution is 2.28. The molecule has 7 heteroatoms. The van der Waals surface area contributed by atoms with Gasteiger partial charge in [-0.1, -0.05) is 39.1 Å². The van der Waals surface area contributed by atoms with Gasteiger partial charge in [0.05, 0.1) is 47.7 Å². The zero-order valence-electron chi connectivity index (χ0n) is 22.4. The van der Waals surface area contributed by atoms with Crippen molar-refractivity contribution in [3.63, 3.8) is 0 Å². The van der Waals surface area contributed by atoms with E-state index in [9.17, 15) is 0 Å². The largest absolute Gasteiger partial charge is 0.359 e. The van der Waals surface area contributed by atoms with E-state index in [1.165, 1.54) is 0 Å². The van der Waals surface area contributed by atoms with Gasteiger partial charge in [0.1, 0.15) is 5.70 Å². The maximum absolute atomic E-state index is 4.85. The molecule has 5 rings (SSSR count). The normalized spacial score (nSPS) is 14.6. The summed E-state index contributed by atoms with van der Waals surface area (Å²) >= 11 is 0. The van der Waals surface area contributed by atoms with Gasteiger partial charge in [-0.25, -0.2) is 9.98 Å². The first kappa shape index (κ1) is 25.1. The Labute approximate surface area is 223 Å². The van der Waals surface area contributed by atoms with Crippen LogP contribution in [0.25, 0.3) is 17.0 Å². The number of allylic oxidation sites excluding steroid dienone is 5. The molecule has 0 bridgehead atoms. The summed E-state index contributed by atoms with van der Waals surface area (Å²) in [6, 6.07) is 6.34. The monoisotopic (exact) mass is 503 g/mol. The minimum Gasteiger partial charge on any atom is -0.359 e. The molecule has 3 aromatic rings. The highest BCUT2D eigenvalue weighted by molar-refractivity contribution is 6.24. The number of aryl methyl sites for hydroxylation is 1. The number of amidine groups is 1. The van der Waals surface area contributed by atoms with Crippen LogP contribution < -0.4 is 21.2 Å². The first-order valence-electron chi connectivity index (χ1n) is 12.8. The summed E-state index contributed by atoms with van der Waals surface area (Å²) in [5.74, 6) is 1.30. The molecule has 38 heavy (non-hydrogen) atoms. The topological polar surface area (TPSA) is 79.5 Å². The van der Waals surface area contributed by atoms with Crippen LogP contribution in [0.15, 0.2) is 95.9 Å². The lowest BCUT2D eigenvalue weighted by Gasteiger charge is -2.22. The third-order valence-electron chi connectivity index (χ3n) is 6.53. The molecule has 1 aromatic carbocycles. The van der Waals surface area contributed by atoms with Crippen LogP contribution in [0.2, 0.25) is 0 Å². The zero-order chi connectivity index (χ0) is 26.8. The Morgan fingerprint density at radius 2 is 2.11 bits per heavy atom. The average Bonchev–Trinajstić information content (AvgIpc) is 3.32. The summed E-state index contributed by atoms with van der Waals surface area (Å²) in [4.78, 5) is 18.4. The van der Waals surface area contributed by atoms with E-state index in [1.54, 1.807) is 6.33 Å². The number of fused-ring (bicyclic) bond motifs is 2. The third kappa shape index (κ3) is 5.00. The van der Waals surface area contributed by atoms with E-state index >= 15 is 0 Å². The van der Waals surface area contributed by atoms with Crippen LogP contribution in [0, 0.1) is 12.8 Å². The number of hydrogen-bond donors (Lipinski definition) is 2. The van der Waals surface area contributed by atoms with E-state index in [0.29, 0.717) is 12.5 Å². The number of imidazole rings is 1. The van der Waals surface area contributed by atoms with Gasteiger partial charge in [-0.3, -0.25) is 9.98 Å². The highest BCUT2D eigenvalue weighted by Gasteiger charge is 2.22. The minimum absolute atomic E-state index is 0.536. The maximum atomic E-state index is 4.85. The third-order valence-corrected chi connectivity index (χ3v) is 6.53. The van der Waals surface area contributed by atoms with Gasteiger partial charge in [-0.05, 0) is 61.6 Å². The van der Waals surface area contributed by atoms with Gasteiger partial charge in [-0.2, -0.15) is 0 Å². The van der Waals surface area contributed by atoms with E-state index in [1.807, 2.05) is 43.1 Å². The number of rotatable bonds is 9. The molecule has 0 unspecified atom stereocenters. The van der Waals surface area contributed by atoms with Crippen molar-refractivity contribution in [3.05, 3.63) is 113 Å². The van der Waals surface area contributed by atoms with E-state index in [4.69, 9.17) is 9.98 Å².